The molecule has 0 amide bonds. The van der Waals surface area contributed by atoms with Crippen molar-refractivity contribution in [2.45, 2.75) is 45.6 Å². The van der Waals surface area contributed by atoms with E-state index < -0.39 is 0 Å². The molecule has 0 aromatic carbocycles. The van der Waals surface area contributed by atoms with Gasteiger partial charge >= 0.3 is 0 Å². The number of aromatic nitrogens is 2. The van der Waals surface area contributed by atoms with E-state index in [2.05, 4.69) is 34.0 Å². The molecule has 0 radical (unpaired) electrons. The summed E-state index contributed by atoms with van der Waals surface area (Å²) in [4.78, 5) is 11.3. The van der Waals surface area contributed by atoms with Gasteiger partial charge < -0.3 is 10.2 Å². The Balaban J connectivity index is 2.14. The van der Waals surface area contributed by atoms with Gasteiger partial charge in [-0.05, 0) is 26.7 Å². The molecule has 94 valence electrons. The Kier molecular flexibility index (Phi) is 4.18. The van der Waals surface area contributed by atoms with Crippen molar-refractivity contribution in [3.8, 4) is 0 Å². The first-order valence-corrected chi connectivity index (χ1v) is 6.67. The Labute approximate surface area is 103 Å². The van der Waals surface area contributed by atoms with Crippen LogP contribution >= 0.6 is 0 Å². The second-order valence-corrected chi connectivity index (χ2v) is 4.52. The second-order valence-electron chi connectivity index (χ2n) is 4.52. The Morgan fingerprint density at radius 2 is 2.06 bits per heavy atom. The van der Waals surface area contributed by atoms with Crippen molar-refractivity contribution in [3.63, 3.8) is 0 Å². The zero-order chi connectivity index (χ0) is 12.1. The summed E-state index contributed by atoms with van der Waals surface area (Å²) in [6, 6.07) is 0.658. The molecule has 0 spiro atoms. The molecule has 0 atom stereocenters. The lowest BCUT2D eigenvalue weighted by atomic mass is 10.2. The lowest BCUT2D eigenvalue weighted by molar-refractivity contribution is 0.612. The fourth-order valence-electron chi connectivity index (χ4n) is 2.58. The first-order valence-electron chi connectivity index (χ1n) is 6.67. The molecular weight excluding hydrogens is 212 g/mol. The Bertz CT molecular complexity index is 347. The van der Waals surface area contributed by atoms with Crippen molar-refractivity contribution < 1.29 is 0 Å². The maximum Gasteiger partial charge on any atom is 0.149 e. The van der Waals surface area contributed by atoms with Crippen LogP contribution in [0, 0.1) is 0 Å². The minimum atomic E-state index is 0.658. The zero-order valence-corrected chi connectivity index (χ0v) is 10.8. The van der Waals surface area contributed by atoms with E-state index in [9.17, 15) is 0 Å². The normalized spacial score (nSPS) is 16.1. The number of hydrogen-bond acceptors (Lipinski definition) is 4. The first-order chi connectivity index (χ1) is 8.35. The highest BCUT2D eigenvalue weighted by Gasteiger charge is 2.22. The van der Waals surface area contributed by atoms with Crippen molar-refractivity contribution in [2.24, 2.45) is 0 Å². The SMILES string of the molecule is CCNc1cncc(N(CC)C2CCCC2)n1. The number of nitrogens with zero attached hydrogens (tertiary/aromatic N) is 3. The smallest absolute Gasteiger partial charge is 0.149 e. The Morgan fingerprint density at radius 3 is 2.71 bits per heavy atom. The summed E-state index contributed by atoms with van der Waals surface area (Å²) in [6.45, 7) is 6.16. The van der Waals surface area contributed by atoms with E-state index in [-0.39, 0.29) is 0 Å². The molecular formula is C13H22N4. The van der Waals surface area contributed by atoms with Crippen LogP contribution in [0.4, 0.5) is 11.6 Å². The van der Waals surface area contributed by atoms with Crippen LogP contribution in [0.5, 0.6) is 0 Å². The molecule has 1 fully saturated rings. The summed E-state index contributed by atoms with van der Waals surface area (Å²) >= 11 is 0. The van der Waals surface area contributed by atoms with Crippen molar-refractivity contribution in [1.82, 2.24) is 9.97 Å². The van der Waals surface area contributed by atoms with E-state index in [4.69, 9.17) is 0 Å². The molecule has 0 bridgehead atoms. The van der Waals surface area contributed by atoms with E-state index in [1.54, 1.807) is 6.20 Å². The molecule has 4 heteroatoms. The standard InChI is InChI=1S/C13H22N4/c1-3-15-12-9-14-10-13(16-12)17(4-2)11-7-5-6-8-11/h9-11H,3-8H2,1-2H3,(H,15,16). The summed E-state index contributed by atoms with van der Waals surface area (Å²) in [5, 5.41) is 3.22. The van der Waals surface area contributed by atoms with E-state index >= 15 is 0 Å². The van der Waals surface area contributed by atoms with Crippen LogP contribution in [-0.4, -0.2) is 29.1 Å². The van der Waals surface area contributed by atoms with Gasteiger partial charge in [0, 0.05) is 19.1 Å². The third kappa shape index (κ3) is 2.87. The molecule has 1 aromatic rings. The molecule has 1 aromatic heterocycles. The molecule has 0 aliphatic heterocycles. The highest BCUT2D eigenvalue weighted by atomic mass is 15.2. The van der Waals surface area contributed by atoms with Crippen molar-refractivity contribution in [1.29, 1.82) is 0 Å². The van der Waals surface area contributed by atoms with Crippen molar-refractivity contribution >= 4 is 11.6 Å². The quantitative estimate of drug-likeness (QED) is 0.850. The van der Waals surface area contributed by atoms with Gasteiger partial charge in [0.1, 0.15) is 11.6 Å². The van der Waals surface area contributed by atoms with E-state index in [0.717, 1.165) is 24.7 Å². The molecule has 1 saturated carbocycles. The first kappa shape index (κ1) is 12.1. The van der Waals surface area contributed by atoms with Gasteiger partial charge in [0.05, 0.1) is 12.4 Å². The van der Waals surface area contributed by atoms with Crippen LogP contribution in [0.1, 0.15) is 39.5 Å². The fraction of sp³-hybridized carbons (Fsp3) is 0.692. The number of anilines is 2. The lowest BCUT2D eigenvalue weighted by Crippen LogP contribution is -2.33. The van der Waals surface area contributed by atoms with Crippen LogP contribution in [-0.2, 0) is 0 Å². The maximum absolute atomic E-state index is 4.63. The van der Waals surface area contributed by atoms with Gasteiger partial charge in [-0.2, -0.15) is 0 Å². The van der Waals surface area contributed by atoms with Gasteiger partial charge in [0.2, 0.25) is 0 Å². The monoisotopic (exact) mass is 234 g/mol. The van der Waals surface area contributed by atoms with Crippen LogP contribution in [0.25, 0.3) is 0 Å². The molecule has 4 nitrogen and oxygen atoms in total. The van der Waals surface area contributed by atoms with Gasteiger partial charge in [0.15, 0.2) is 0 Å². The molecule has 2 rings (SSSR count). The minimum Gasteiger partial charge on any atom is -0.369 e. The summed E-state index contributed by atoms with van der Waals surface area (Å²) < 4.78 is 0. The molecule has 1 N–H and O–H groups in total. The Hall–Kier alpha value is -1.32. The van der Waals surface area contributed by atoms with E-state index in [1.807, 2.05) is 6.20 Å². The van der Waals surface area contributed by atoms with Crippen LogP contribution in [0.2, 0.25) is 0 Å². The maximum atomic E-state index is 4.63. The molecule has 0 saturated heterocycles. The third-order valence-corrected chi connectivity index (χ3v) is 3.38. The van der Waals surface area contributed by atoms with Crippen molar-refractivity contribution in [2.75, 3.05) is 23.3 Å². The topological polar surface area (TPSA) is 41.1 Å². The molecule has 17 heavy (non-hydrogen) atoms. The summed E-state index contributed by atoms with van der Waals surface area (Å²) in [5.41, 5.74) is 0. The van der Waals surface area contributed by atoms with Gasteiger partial charge in [-0.15, -0.1) is 0 Å². The third-order valence-electron chi connectivity index (χ3n) is 3.38. The van der Waals surface area contributed by atoms with Crippen molar-refractivity contribution in [3.05, 3.63) is 12.4 Å². The van der Waals surface area contributed by atoms with E-state index in [0.29, 0.717) is 6.04 Å². The van der Waals surface area contributed by atoms with Gasteiger partial charge in [0.25, 0.3) is 0 Å². The average Bonchev–Trinajstić information content (AvgIpc) is 2.85. The molecule has 1 heterocycles. The zero-order valence-electron chi connectivity index (χ0n) is 10.8. The summed E-state index contributed by atoms with van der Waals surface area (Å²) in [7, 11) is 0. The second kappa shape index (κ2) is 5.84. The predicted octanol–water partition coefficient (Wildman–Crippen LogP) is 2.68. The van der Waals surface area contributed by atoms with E-state index in [1.165, 1.54) is 25.7 Å². The average molecular weight is 234 g/mol. The highest BCUT2D eigenvalue weighted by Crippen LogP contribution is 2.26. The Morgan fingerprint density at radius 1 is 1.29 bits per heavy atom. The molecule has 0 unspecified atom stereocenters. The number of hydrogen-bond donors (Lipinski definition) is 1. The number of nitrogens with one attached hydrogen (secondary N) is 1. The van der Waals surface area contributed by atoms with Gasteiger partial charge in [-0.25, -0.2) is 4.98 Å². The largest absolute Gasteiger partial charge is 0.369 e. The lowest BCUT2D eigenvalue weighted by Gasteiger charge is -2.28. The predicted molar refractivity (Wildman–Crippen MR) is 71.5 cm³/mol. The fourth-order valence-corrected chi connectivity index (χ4v) is 2.58. The van der Waals surface area contributed by atoms with Crippen LogP contribution < -0.4 is 10.2 Å². The van der Waals surface area contributed by atoms with Gasteiger partial charge in [-0.3, -0.25) is 4.98 Å². The van der Waals surface area contributed by atoms with Crippen LogP contribution in [0.15, 0.2) is 12.4 Å². The highest BCUT2D eigenvalue weighted by molar-refractivity contribution is 5.44. The van der Waals surface area contributed by atoms with Gasteiger partial charge in [-0.1, -0.05) is 12.8 Å². The molecule has 1 aliphatic carbocycles. The number of rotatable bonds is 5. The van der Waals surface area contributed by atoms with Crippen LogP contribution in [0.3, 0.4) is 0 Å². The minimum absolute atomic E-state index is 0.658. The summed E-state index contributed by atoms with van der Waals surface area (Å²) in [6.07, 6.45) is 8.95. The summed E-state index contributed by atoms with van der Waals surface area (Å²) in [5.74, 6) is 1.89. The molecule has 1 aliphatic rings.